The van der Waals surface area contributed by atoms with Crippen molar-refractivity contribution < 1.29 is 13.2 Å². The number of hydrogen-bond acceptors (Lipinski definition) is 6. The molecule has 1 unspecified atom stereocenters. The molecule has 33 heavy (non-hydrogen) atoms. The zero-order valence-electron chi connectivity index (χ0n) is 17.8. The molecule has 4 aromatic rings. The molecule has 1 atom stereocenters. The van der Waals surface area contributed by atoms with Crippen molar-refractivity contribution in [3.63, 3.8) is 0 Å². The molecule has 0 bridgehead atoms. The third-order valence-corrected chi connectivity index (χ3v) is 10.1. The van der Waals surface area contributed by atoms with Crippen molar-refractivity contribution in [3.8, 4) is 0 Å². The first-order valence-corrected chi connectivity index (χ1v) is 13.9. The summed E-state index contributed by atoms with van der Waals surface area (Å²) in [5.74, 6) is -0.224. The second-order valence-corrected chi connectivity index (χ2v) is 12.0. The minimum absolute atomic E-state index is 0.224. The van der Waals surface area contributed by atoms with Gasteiger partial charge in [0, 0.05) is 6.54 Å². The van der Waals surface area contributed by atoms with E-state index in [0.29, 0.717) is 24.6 Å². The largest absolute Gasteiger partial charge is 0.282 e. The van der Waals surface area contributed by atoms with Crippen LogP contribution in [0.2, 0.25) is 0 Å². The molecule has 0 aliphatic carbocycles. The SMILES string of the molecule is O=C(C1CCCCN1S(=O)(=O)c1cccs1)N(Cc1ccccc1)c1nc2ccccc2s1. The number of para-hydroxylation sites is 1. The van der Waals surface area contributed by atoms with Crippen LogP contribution in [-0.2, 0) is 21.4 Å². The molecule has 3 heterocycles. The molecule has 6 nitrogen and oxygen atoms in total. The Bertz CT molecular complexity index is 1320. The first kappa shape index (κ1) is 22.2. The van der Waals surface area contributed by atoms with E-state index >= 15 is 0 Å². The van der Waals surface area contributed by atoms with Crippen LogP contribution in [0.5, 0.6) is 0 Å². The fourth-order valence-electron chi connectivity index (χ4n) is 4.13. The number of amides is 1. The van der Waals surface area contributed by atoms with Crippen LogP contribution < -0.4 is 4.90 Å². The van der Waals surface area contributed by atoms with E-state index in [0.717, 1.165) is 28.6 Å². The minimum Gasteiger partial charge on any atom is -0.282 e. The summed E-state index contributed by atoms with van der Waals surface area (Å²) >= 11 is 2.63. The van der Waals surface area contributed by atoms with Crippen LogP contribution in [0, 0.1) is 0 Å². The number of benzene rings is 2. The number of hydrogen-bond donors (Lipinski definition) is 0. The molecule has 1 amide bonds. The molecule has 170 valence electrons. The van der Waals surface area contributed by atoms with E-state index in [1.54, 1.807) is 22.4 Å². The fraction of sp³-hybridized carbons (Fsp3) is 0.250. The predicted octanol–water partition coefficient (Wildman–Crippen LogP) is 5.13. The number of carbonyl (C=O) groups excluding carboxylic acids is 1. The zero-order chi connectivity index (χ0) is 22.8. The van der Waals surface area contributed by atoms with Crippen LogP contribution in [0.3, 0.4) is 0 Å². The lowest BCUT2D eigenvalue weighted by Crippen LogP contribution is -2.52. The lowest BCUT2D eigenvalue weighted by atomic mass is 10.0. The molecule has 0 saturated carbocycles. The number of thiophene rings is 1. The second-order valence-electron chi connectivity index (χ2n) is 7.93. The highest BCUT2D eigenvalue weighted by Gasteiger charge is 2.40. The minimum atomic E-state index is -3.74. The molecule has 1 saturated heterocycles. The van der Waals surface area contributed by atoms with E-state index in [1.165, 1.54) is 27.0 Å². The quantitative estimate of drug-likeness (QED) is 0.370. The van der Waals surface area contributed by atoms with Gasteiger partial charge in [-0.1, -0.05) is 66.3 Å². The molecule has 0 spiro atoms. The van der Waals surface area contributed by atoms with Gasteiger partial charge in [0.15, 0.2) is 5.13 Å². The van der Waals surface area contributed by atoms with E-state index in [2.05, 4.69) is 0 Å². The van der Waals surface area contributed by atoms with Crippen molar-refractivity contribution in [2.45, 2.75) is 36.1 Å². The van der Waals surface area contributed by atoms with E-state index < -0.39 is 16.1 Å². The van der Waals surface area contributed by atoms with Crippen LogP contribution >= 0.6 is 22.7 Å². The van der Waals surface area contributed by atoms with Gasteiger partial charge in [-0.2, -0.15) is 4.31 Å². The summed E-state index contributed by atoms with van der Waals surface area (Å²) in [6.45, 7) is 0.679. The van der Waals surface area contributed by atoms with Crippen LogP contribution in [0.1, 0.15) is 24.8 Å². The normalized spacial score (nSPS) is 17.3. The highest BCUT2D eigenvalue weighted by Crippen LogP contribution is 2.33. The van der Waals surface area contributed by atoms with Gasteiger partial charge in [0.25, 0.3) is 10.0 Å². The Hall–Kier alpha value is -2.59. The molecule has 1 fully saturated rings. The molecule has 9 heteroatoms. The van der Waals surface area contributed by atoms with Crippen molar-refractivity contribution in [1.82, 2.24) is 9.29 Å². The van der Waals surface area contributed by atoms with E-state index in [-0.39, 0.29) is 10.1 Å². The van der Waals surface area contributed by atoms with Gasteiger partial charge in [-0.05, 0) is 42.0 Å². The molecular formula is C24H23N3O3S3. The maximum absolute atomic E-state index is 14.0. The van der Waals surface area contributed by atoms with Gasteiger partial charge in [-0.15, -0.1) is 11.3 Å². The van der Waals surface area contributed by atoms with Gasteiger partial charge >= 0.3 is 0 Å². The van der Waals surface area contributed by atoms with Gasteiger partial charge in [0.05, 0.1) is 16.8 Å². The molecule has 5 rings (SSSR count). The standard InChI is InChI=1S/C24H23N3O3S3/c28-23(20-12-6-7-15-27(20)33(29,30)22-14-8-16-31-22)26(17-18-9-2-1-3-10-18)24-25-19-11-4-5-13-21(19)32-24/h1-5,8-11,13-14,16,20H,6-7,12,15,17H2. The number of rotatable bonds is 6. The van der Waals surface area contributed by atoms with Crippen molar-refractivity contribution in [2.24, 2.45) is 0 Å². The summed E-state index contributed by atoms with van der Waals surface area (Å²) in [5, 5.41) is 2.33. The Morgan fingerprint density at radius 3 is 2.58 bits per heavy atom. The van der Waals surface area contributed by atoms with Gasteiger partial charge in [0.2, 0.25) is 5.91 Å². The maximum Gasteiger partial charge on any atom is 0.253 e. The summed E-state index contributed by atoms with van der Waals surface area (Å²) in [5.41, 5.74) is 1.80. The fourth-order valence-corrected chi connectivity index (χ4v) is 7.87. The lowest BCUT2D eigenvalue weighted by Gasteiger charge is -2.35. The molecule has 2 aromatic heterocycles. The summed E-state index contributed by atoms with van der Waals surface area (Å²) in [6.07, 6.45) is 2.06. The summed E-state index contributed by atoms with van der Waals surface area (Å²) in [4.78, 5) is 20.4. The summed E-state index contributed by atoms with van der Waals surface area (Å²) in [6, 6.07) is 20.1. The van der Waals surface area contributed by atoms with E-state index in [1.807, 2.05) is 54.6 Å². The zero-order valence-corrected chi connectivity index (χ0v) is 20.3. The molecule has 1 aliphatic rings. The van der Waals surface area contributed by atoms with Gasteiger partial charge < -0.3 is 0 Å². The number of anilines is 1. The molecule has 0 radical (unpaired) electrons. The van der Waals surface area contributed by atoms with Crippen molar-refractivity contribution in [2.75, 3.05) is 11.4 Å². The van der Waals surface area contributed by atoms with Gasteiger partial charge in [-0.3, -0.25) is 9.69 Å². The monoisotopic (exact) mass is 497 g/mol. The van der Waals surface area contributed by atoms with Gasteiger partial charge in [0.1, 0.15) is 10.3 Å². The smallest absolute Gasteiger partial charge is 0.253 e. The molecular weight excluding hydrogens is 474 g/mol. The third-order valence-electron chi connectivity index (χ3n) is 5.76. The Kier molecular flexibility index (Phi) is 6.29. The second kappa shape index (κ2) is 9.34. The Morgan fingerprint density at radius 2 is 1.82 bits per heavy atom. The average Bonchev–Trinajstić information content (AvgIpc) is 3.53. The maximum atomic E-state index is 14.0. The van der Waals surface area contributed by atoms with Crippen molar-refractivity contribution in [1.29, 1.82) is 0 Å². The Balaban J connectivity index is 1.53. The number of sulfonamides is 1. The van der Waals surface area contributed by atoms with E-state index in [4.69, 9.17) is 4.98 Å². The average molecular weight is 498 g/mol. The number of aromatic nitrogens is 1. The number of carbonyl (C=O) groups is 1. The number of fused-ring (bicyclic) bond motifs is 1. The highest BCUT2D eigenvalue weighted by atomic mass is 32.2. The van der Waals surface area contributed by atoms with Crippen molar-refractivity contribution in [3.05, 3.63) is 77.7 Å². The summed E-state index contributed by atoms with van der Waals surface area (Å²) < 4.78 is 29.4. The Labute approximate surface area is 201 Å². The van der Waals surface area contributed by atoms with E-state index in [9.17, 15) is 13.2 Å². The lowest BCUT2D eigenvalue weighted by molar-refractivity contribution is -0.123. The van der Waals surface area contributed by atoms with Crippen LogP contribution in [-0.4, -0.2) is 36.2 Å². The van der Waals surface area contributed by atoms with Crippen LogP contribution in [0.25, 0.3) is 10.2 Å². The first-order chi connectivity index (χ1) is 16.0. The summed E-state index contributed by atoms with van der Waals surface area (Å²) in [7, 11) is -3.74. The van der Waals surface area contributed by atoms with Crippen LogP contribution in [0.4, 0.5) is 5.13 Å². The number of piperidine rings is 1. The Morgan fingerprint density at radius 1 is 1.03 bits per heavy atom. The molecule has 0 N–H and O–H groups in total. The number of thiazole rings is 1. The molecule has 2 aromatic carbocycles. The third kappa shape index (κ3) is 4.46. The van der Waals surface area contributed by atoms with Crippen LogP contribution in [0.15, 0.2) is 76.3 Å². The molecule has 1 aliphatic heterocycles. The first-order valence-electron chi connectivity index (χ1n) is 10.8. The predicted molar refractivity (Wildman–Crippen MR) is 133 cm³/mol. The van der Waals surface area contributed by atoms with Crippen molar-refractivity contribution >= 4 is 54.0 Å². The topological polar surface area (TPSA) is 70.6 Å². The van der Waals surface area contributed by atoms with Gasteiger partial charge in [-0.25, -0.2) is 13.4 Å². The number of nitrogens with zero attached hydrogens (tertiary/aromatic N) is 3. The highest BCUT2D eigenvalue weighted by molar-refractivity contribution is 7.91.